The van der Waals surface area contributed by atoms with Crippen LogP contribution < -0.4 is 9.47 Å². The number of carboxylic acid groups (broad SMARTS) is 2. The first kappa shape index (κ1) is 37.4. The van der Waals surface area contributed by atoms with Crippen molar-refractivity contribution < 1.29 is 29.3 Å². The van der Waals surface area contributed by atoms with Gasteiger partial charge in [0.15, 0.2) is 0 Å². The van der Waals surface area contributed by atoms with Crippen molar-refractivity contribution in [2.75, 3.05) is 13.2 Å². The molecule has 1 aliphatic rings. The van der Waals surface area contributed by atoms with Crippen molar-refractivity contribution in [1.29, 1.82) is 0 Å². The third-order valence-electron chi connectivity index (χ3n) is 11.5. The van der Waals surface area contributed by atoms with Crippen LogP contribution in [0.15, 0.2) is 170 Å². The molecule has 0 unspecified atom stereocenters. The van der Waals surface area contributed by atoms with Gasteiger partial charge in [0.05, 0.1) is 18.6 Å². The number of fused-ring (bicyclic) bond motifs is 5. The smallest absolute Gasteiger partial charge is 0.303 e. The SMILES string of the molecule is O=C(O)CCCOc1ccc(C2(c3ccc(OCCCC(=O)O)c(-c4cccc5ccccc45)c3)c3ccccc3-c3ccccc32)cc1-c1cccc2ccccc12. The Morgan fingerprint density at radius 2 is 0.814 bits per heavy atom. The average Bonchev–Trinajstić information content (AvgIpc) is 3.57. The molecule has 1 aliphatic carbocycles. The van der Waals surface area contributed by atoms with Crippen LogP contribution in [0.25, 0.3) is 54.9 Å². The first-order valence-corrected chi connectivity index (χ1v) is 20.1. The quantitative estimate of drug-likeness (QED) is 0.107. The summed E-state index contributed by atoms with van der Waals surface area (Å²) in [7, 11) is 0. The van der Waals surface area contributed by atoms with Crippen LogP contribution in [0.5, 0.6) is 11.5 Å². The second kappa shape index (κ2) is 16.0. The monoisotopic (exact) mass is 774 g/mol. The summed E-state index contributed by atoms with van der Waals surface area (Å²) < 4.78 is 12.9. The van der Waals surface area contributed by atoms with E-state index in [9.17, 15) is 19.8 Å². The zero-order valence-corrected chi connectivity index (χ0v) is 32.4. The largest absolute Gasteiger partial charge is 0.493 e. The Kier molecular flexibility index (Phi) is 10.1. The Balaban J connectivity index is 1.31. The van der Waals surface area contributed by atoms with Gasteiger partial charge in [0.1, 0.15) is 11.5 Å². The van der Waals surface area contributed by atoms with E-state index in [-0.39, 0.29) is 26.1 Å². The van der Waals surface area contributed by atoms with Crippen molar-refractivity contribution >= 4 is 33.5 Å². The van der Waals surface area contributed by atoms with Gasteiger partial charge in [0.2, 0.25) is 0 Å². The van der Waals surface area contributed by atoms with Crippen molar-refractivity contribution in [2.45, 2.75) is 31.1 Å². The molecule has 0 saturated heterocycles. The first-order valence-electron chi connectivity index (χ1n) is 20.1. The summed E-state index contributed by atoms with van der Waals surface area (Å²) in [6.07, 6.45) is 0.824. The van der Waals surface area contributed by atoms with Gasteiger partial charge in [-0.05, 0) is 103 Å². The maximum atomic E-state index is 11.4. The van der Waals surface area contributed by atoms with E-state index in [1.54, 1.807) is 0 Å². The Labute approximate surface area is 342 Å². The molecule has 0 aliphatic heterocycles. The molecule has 59 heavy (non-hydrogen) atoms. The summed E-state index contributed by atoms with van der Waals surface area (Å²) in [5.74, 6) is -0.324. The van der Waals surface area contributed by atoms with Gasteiger partial charge in [-0.25, -0.2) is 0 Å². The van der Waals surface area contributed by atoms with Gasteiger partial charge >= 0.3 is 11.9 Å². The molecule has 8 aromatic rings. The van der Waals surface area contributed by atoms with E-state index in [4.69, 9.17) is 9.47 Å². The Bertz CT molecular complexity index is 2670. The molecule has 0 spiro atoms. The van der Waals surface area contributed by atoms with Gasteiger partial charge in [-0.3, -0.25) is 9.59 Å². The third-order valence-corrected chi connectivity index (χ3v) is 11.5. The molecule has 0 aromatic heterocycles. The van der Waals surface area contributed by atoms with Crippen LogP contribution in [-0.2, 0) is 15.0 Å². The van der Waals surface area contributed by atoms with Crippen molar-refractivity contribution in [3.8, 4) is 44.9 Å². The number of carboxylic acids is 2. The number of hydrogen-bond acceptors (Lipinski definition) is 4. The molecule has 8 aromatic carbocycles. The van der Waals surface area contributed by atoms with Crippen molar-refractivity contribution in [1.82, 2.24) is 0 Å². The zero-order valence-electron chi connectivity index (χ0n) is 32.4. The third kappa shape index (κ3) is 6.87. The summed E-state index contributed by atoms with van der Waals surface area (Å²) in [4.78, 5) is 22.8. The van der Waals surface area contributed by atoms with Crippen molar-refractivity contribution in [3.63, 3.8) is 0 Å². The fourth-order valence-corrected chi connectivity index (χ4v) is 8.95. The zero-order chi connectivity index (χ0) is 40.3. The number of benzene rings is 8. The highest BCUT2D eigenvalue weighted by atomic mass is 16.5. The second-order valence-electron chi connectivity index (χ2n) is 15.0. The molecule has 0 saturated carbocycles. The fourth-order valence-electron chi connectivity index (χ4n) is 8.95. The van der Waals surface area contributed by atoms with Crippen LogP contribution in [0.1, 0.15) is 47.9 Å². The van der Waals surface area contributed by atoms with Gasteiger partial charge < -0.3 is 19.7 Å². The van der Waals surface area contributed by atoms with Crippen LogP contribution in [-0.4, -0.2) is 35.4 Å². The Morgan fingerprint density at radius 1 is 0.424 bits per heavy atom. The van der Waals surface area contributed by atoms with E-state index >= 15 is 0 Å². The van der Waals surface area contributed by atoms with Gasteiger partial charge in [-0.1, -0.05) is 146 Å². The minimum absolute atomic E-state index is 0.0245. The van der Waals surface area contributed by atoms with Gasteiger partial charge in [-0.2, -0.15) is 0 Å². The first-order chi connectivity index (χ1) is 28.9. The van der Waals surface area contributed by atoms with Crippen LogP contribution in [0, 0.1) is 0 Å². The summed E-state index contributed by atoms with van der Waals surface area (Å²) >= 11 is 0. The topological polar surface area (TPSA) is 93.1 Å². The predicted molar refractivity (Wildman–Crippen MR) is 234 cm³/mol. The molecule has 290 valence electrons. The van der Waals surface area contributed by atoms with E-state index in [1.807, 2.05) is 36.4 Å². The number of carbonyl (C=O) groups is 2. The lowest BCUT2D eigenvalue weighted by atomic mass is 9.67. The van der Waals surface area contributed by atoms with Gasteiger partial charge in [-0.15, -0.1) is 0 Å². The highest BCUT2D eigenvalue weighted by Gasteiger charge is 2.46. The van der Waals surface area contributed by atoms with E-state index in [0.717, 1.165) is 77.2 Å². The van der Waals surface area contributed by atoms with Crippen LogP contribution in [0.4, 0.5) is 0 Å². The molecule has 2 N–H and O–H groups in total. The number of hydrogen-bond donors (Lipinski definition) is 2. The maximum absolute atomic E-state index is 11.4. The molecule has 6 nitrogen and oxygen atoms in total. The number of ether oxygens (including phenoxy) is 2. The molecule has 0 bridgehead atoms. The number of rotatable bonds is 14. The van der Waals surface area contributed by atoms with Crippen molar-refractivity contribution in [2.24, 2.45) is 0 Å². The molecule has 0 amide bonds. The summed E-state index contributed by atoms with van der Waals surface area (Å²) in [5.41, 5.74) is 9.82. The van der Waals surface area contributed by atoms with E-state index in [1.165, 1.54) is 0 Å². The standard InChI is InChI=1S/C53H42O6/c54-51(55)25-11-31-58-49-29-27-37(33-45(49)41-21-9-15-35-13-1-3-17-39(35)41)53(47-23-7-5-19-43(47)44-20-6-8-24-48(44)53)38-28-30-50(59-32-12-26-52(56)57)46(34-38)42-22-10-16-36-14-2-4-18-40(36)42/h1-10,13-24,27-30,33-34H,11-12,25-26,31-32H2,(H,54,55)(H,56,57). The van der Waals surface area contributed by atoms with E-state index < -0.39 is 17.4 Å². The molecule has 9 rings (SSSR count). The minimum atomic E-state index is -0.849. The van der Waals surface area contributed by atoms with E-state index in [2.05, 4.69) is 133 Å². The van der Waals surface area contributed by atoms with E-state index in [0.29, 0.717) is 24.3 Å². The molecular weight excluding hydrogens is 733 g/mol. The summed E-state index contributed by atoms with van der Waals surface area (Å²) in [6.45, 7) is 0.533. The normalized spacial score (nSPS) is 12.5. The average molecular weight is 775 g/mol. The summed E-state index contributed by atoms with van der Waals surface area (Å²) in [5, 5.41) is 23.1. The second-order valence-corrected chi connectivity index (χ2v) is 15.0. The summed E-state index contributed by atoms with van der Waals surface area (Å²) in [6, 6.07) is 59.5. The van der Waals surface area contributed by atoms with Gasteiger partial charge in [0.25, 0.3) is 0 Å². The molecule has 0 heterocycles. The minimum Gasteiger partial charge on any atom is -0.493 e. The Morgan fingerprint density at radius 3 is 1.27 bits per heavy atom. The number of aliphatic carboxylic acids is 2. The van der Waals surface area contributed by atoms with Crippen LogP contribution >= 0.6 is 0 Å². The van der Waals surface area contributed by atoms with Crippen molar-refractivity contribution in [3.05, 3.63) is 192 Å². The lowest BCUT2D eigenvalue weighted by Crippen LogP contribution is -2.29. The van der Waals surface area contributed by atoms with Crippen LogP contribution in [0.2, 0.25) is 0 Å². The fraction of sp³-hybridized carbons (Fsp3) is 0.132. The lowest BCUT2D eigenvalue weighted by molar-refractivity contribution is -0.138. The maximum Gasteiger partial charge on any atom is 0.303 e. The highest BCUT2D eigenvalue weighted by molar-refractivity contribution is 6.00. The molecule has 0 radical (unpaired) electrons. The molecule has 0 atom stereocenters. The van der Waals surface area contributed by atoms with Crippen LogP contribution in [0.3, 0.4) is 0 Å². The molecule has 0 fully saturated rings. The molecular formula is C53H42O6. The van der Waals surface area contributed by atoms with Gasteiger partial charge in [0, 0.05) is 24.0 Å². The Hall–Kier alpha value is -7.18. The predicted octanol–water partition coefficient (Wildman–Crippen LogP) is 12.2. The lowest BCUT2D eigenvalue weighted by Gasteiger charge is -2.35. The highest BCUT2D eigenvalue weighted by Crippen LogP contribution is 2.58. The molecule has 6 heteroatoms.